The van der Waals surface area contributed by atoms with E-state index in [0.717, 1.165) is 0 Å². The lowest BCUT2D eigenvalue weighted by molar-refractivity contribution is -0.832. The number of rotatable bonds is 5. The Morgan fingerprint density at radius 1 is 1.27 bits per heavy atom. The summed E-state index contributed by atoms with van der Waals surface area (Å²) in [5.74, 6) is -4.35. The molecule has 0 aliphatic carbocycles. The highest BCUT2D eigenvalue weighted by Crippen LogP contribution is 2.14. The molecule has 0 unspecified atom stereocenters. The molecule has 0 aliphatic heterocycles. The highest BCUT2D eigenvalue weighted by molar-refractivity contribution is 7.80. The van der Waals surface area contributed by atoms with E-state index in [9.17, 15) is 37.6 Å². The number of alkyl halides is 1. The van der Waals surface area contributed by atoms with Crippen LogP contribution >= 0.6 is 0 Å². The second kappa shape index (κ2) is 4.87. The molecule has 13 heteroatoms. The first kappa shape index (κ1) is 16.0. The molecule has 0 amide bonds. The second-order valence-electron chi connectivity index (χ2n) is 1.90. The van der Waals surface area contributed by atoms with Gasteiger partial charge in [0.05, 0.1) is 0 Å². The molecule has 0 heterocycles. The molecule has 0 radical (unpaired) electrons. The van der Waals surface area contributed by atoms with Crippen LogP contribution in [-0.4, -0.2) is 35.3 Å². The van der Waals surface area contributed by atoms with E-state index in [1.165, 1.54) is 0 Å². The number of nitro groups is 2. The Labute approximate surface area is 81.7 Å². The van der Waals surface area contributed by atoms with E-state index in [0.29, 0.717) is 0 Å². The van der Waals surface area contributed by atoms with Crippen LogP contribution in [0, 0.1) is 20.2 Å². The fourth-order valence-electron chi connectivity index (χ4n) is 0.319. The molecule has 0 aliphatic rings. The lowest BCUT2D eigenvalue weighted by Crippen LogP contribution is -2.46. The standard InChI is InChI=1S/C2H3FN2O8S.H3N/c3-2(4(6)7,5(8)9)1-13-14(10,11)12;/h1H2,(H,10,11,12);1H3. The summed E-state index contributed by atoms with van der Waals surface area (Å²) in [7, 11) is -5.42. The average molecular weight is 251 g/mol. The topological polar surface area (TPSA) is 189 Å². The quantitative estimate of drug-likeness (QED) is 0.161. The normalized spacial score (nSPS) is 11.6. The fourth-order valence-corrected chi connectivity index (χ4v) is 0.614. The summed E-state index contributed by atoms with van der Waals surface area (Å²) in [6, 6.07) is 0. The van der Waals surface area contributed by atoms with E-state index < -0.39 is 32.8 Å². The number of nitrogens with zero attached hydrogens (tertiary/aromatic N) is 2. The molecule has 15 heavy (non-hydrogen) atoms. The average Bonchev–Trinajstić information content (AvgIpc) is 1.97. The largest absolute Gasteiger partial charge is 0.726 e. The number of quaternary nitrogens is 1. The van der Waals surface area contributed by atoms with Crippen LogP contribution in [-0.2, 0) is 14.6 Å². The van der Waals surface area contributed by atoms with Crippen LogP contribution in [0.2, 0.25) is 0 Å². The third-order valence-corrected chi connectivity index (χ3v) is 1.35. The molecule has 4 N–H and O–H groups in total. The summed E-state index contributed by atoms with van der Waals surface area (Å²) < 4.78 is 44.9. The molecule has 0 saturated carbocycles. The van der Waals surface area contributed by atoms with Gasteiger partial charge in [-0.05, 0) is 0 Å². The number of halogens is 1. The molecule has 0 fully saturated rings. The minimum absolute atomic E-state index is 0. The molecule has 0 spiro atoms. The van der Waals surface area contributed by atoms with Crippen molar-refractivity contribution in [1.29, 1.82) is 0 Å². The highest BCUT2D eigenvalue weighted by atomic mass is 32.3. The SMILES string of the molecule is O=[N+]([O-])C(F)(COS(=O)(=O)[O-])[N+](=O)[O-].[NH4+]. The molecule has 0 aromatic rings. The van der Waals surface area contributed by atoms with Gasteiger partial charge in [0.2, 0.25) is 17.0 Å². The van der Waals surface area contributed by atoms with Gasteiger partial charge in [-0.15, -0.1) is 0 Å². The van der Waals surface area contributed by atoms with Crippen molar-refractivity contribution in [2.75, 3.05) is 6.61 Å². The third kappa shape index (κ3) is 4.54. The fraction of sp³-hybridized carbons (Fsp3) is 1.00. The molecule has 0 atom stereocenters. The van der Waals surface area contributed by atoms with Gasteiger partial charge in [-0.3, -0.25) is 24.4 Å². The Morgan fingerprint density at radius 2 is 1.60 bits per heavy atom. The van der Waals surface area contributed by atoms with Crippen molar-refractivity contribution in [2.24, 2.45) is 0 Å². The molecule has 0 bridgehead atoms. The summed E-state index contributed by atoms with van der Waals surface area (Å²) in [4.78, 5) is 15.6. The lowest BCUT2D eigenvalue weighted by Gasteiger charge is -2.09. The van der Waals surface area contributed by atoms with E-state index in [-0.39, 0.29) is 6.15 Å². The van der Waals surface area contributed by atoms with Gasteiger partial charge >= 0.3 is 5.92 Å². The molecular formula is C2H6FN3O8S. The van der Waals surface area contributed by atoms with Gasteiger partial charge in [-0.1, -0.05) is 4.39 Å². The highest BCUT2D eigenvalue weighted by Gasteiger charge is 2.59. The smallest absolute Gasteiger partial charge is 0.639 e. The van der Waals surface area contributed by atoms with Gasteiger partial charge in [-0.25, -0.2) is 8.42 Å². The summed E-state index contributed by atoms with van der Waals surface area (Å²) in [6.45, 7) is -2.11. The first-order valence-electron chi connectivity index (χ1n) is 2.68. The zero-order valence-electron chi connectivity index (χ0n) is 7.15. The van der Waals surface area contributed by atoms with Gasteiger partial charge in [-0.2, -0.15) is 0 Å². The van der Waals surface area contributed by atoms with E-state index >= 15 is 0 Å². The first-order valence-corrected chi connectivity index (χ1v) is 4.01. The van der Waals surface area contributed by atoms with Gasteiger partial charge in [0.25, 0.3) is 0 Å². The number of hydrogen-bond acceptors (Lipinski definition) is 8. The van der Waals surface area contributed by atoms with Crippen molar-refractivity contribution in [3.05, 3.63) is 20.2 Å². The van der Waals surface area contributed by atoms with Crippen molar-refractivity contribution in [3.63, 3.8) is 0 Å². The Morgan fingerprint density at radius 3 is 1.80 bits per heavy atom. The van der Waals surface area contributed by atoms with Gasteiger partial charge in [0, 0.05) is 0 Å². The van der Waals surface area contributed by atoms with Crippen LogP contribution in [0.5, 0.6) is 0 Å². The van der Waals surface area contributed by atoms with Crippen LogP contribution in [0.25, 0.3) is 0 Å². The zero-order chi connectivity index (χ0) is 11.6. The molecule has 0 saturated heterocycles. The maximum absolute atomic E-state index is 12.6. The molecule has 0 aromatic carbocycles. The summed E-state index contributed by atoms with van der Waals surface area (Å²) in [6.07, 6.45) is 0. The van der Waals surface area contributed by atoms with E-state index in [1.807, 2.05) is 0 Å². The molecular weight excluding hydrogens is 245 g/mol. The Balaban J connectivity index is 0. The molecule has 0 rings (SSSR count). The van der Waals surface area contributed by atoms with Gasteiger partial charge < -0.3 is 10.7 Å². The monoisotopic (exact) mass is 251 g/mol. The summed E-state index contributed by atoms with van der Waals surface area (Å²) in [5.41, 5.74) is 0. The maximum Gasteiger partial charge on any atom is 0.639 e. The molecule has 0 aromatic heterocycles. The number of hydrogen-bond donors (Lipinski definition) is 1. The Kier molecular flexibility index (Phi) is 5.20. The second-order valence-corrected chi connectivity index (χ2v) is 2.96. The Hall–Kier alpha value is -1.44. The predicted octanol–water partition coefficient (Wildman–Crippen LogP) is -0.984. The van der Waals surface area contributed by atoms with E-state index in [2.05, 4.69) is 4.18 Å². The van der Waals surface area contributed by atoms with Crippen molar-refractivity contribution in [1.82, 2.24) is 6.15 Å². The van der Waals surface area contributed by atoms with Crippen LogP contribution in [0.15, 0.2) is 0 Å². The third-order valence-electron chi connectivity index (χ3n) is 0.946. The van der Waals surface area contributed by atoms with Crippen molar-refractivity contribution in [2.45, 2.75) is 5.92 Å². The predicted molar refractivity (Wildman–Crippen MR) is 39.5 cm³/mol. The zero-order valence-corrected chi connectivity index (χ0v) is 7.97. The van der Waals surface area contributed by atoms with Crippen LogP contribution in [0.4, 0.5) is 4.39 Å². The van der Waals surface area contributed by atoms with Crippen molar-refractivity contribution in [3.8, 4) is 0 Å². The summed E-state index contributed by atoms with van der Waals surface area (Å²) in [5, 5.41) is 19.6. The van der Waals surface area contributed by atoms with E-state index in [4.69, 9.17) is 0 Å². The van der Waals surface area contributed by atoms with Crippen molar-refractivity contribution >= 4 is 10.4 Å². The first-order chi connectivity index (χ1) is 6.09. The van der Waals surface area contributed by atoms with Crippen LogP contribution in [0.1, 0.15) is 0 Å². The Bertz CT molecular complexity index is 337. The molecule has 90 valence electrons. The van der Waals surface area contributed by atoms with E-state index in [1.54, 1.807) is 0 Å². The van der Waals surface area contributed by atoms with Crippen molar-refractivity contribution < 1.29 is 31.4 Å². The minimum Gasteiger partial charge on any atom is -0.726 e. The van der Waals surface area contributed by atoms with Crippen LogP contribution in [0.3, 0.4) is 0 Å². The van der Waals surface area contributed by atoms with Gasteiger partial charge in [0.15, 0.2) is 0 Å². The summed E-state index contributed by atoms with van der Waals surface area (Å²) >= 11 is 0. The minimum atomic E-state index is -5.42. The van der Waals surface area contributed by atoms with Gasteiger partial charge in [0.1, 0.15) is 9.85 Å². The van der Waals surface area contributed by atoms with Crippen LogP contribution < -0.4 is 6.15 Å². The lowest BCUT2D eigenvalue weighted by atomic mass is 10.5. The molecule has 11 nitrogen and oxygen atoms in total. The maximum atomic E-state index is 12.6.